The number of hydrogen-bond donors (Lipinski definition) is 3. The fourth-order valence-electron chi connectivity index (χ4n) is 1.09. The Labute approximate surface area is 102 Å². The van der Waals surface area contributed by atoms with Crippen LogP contribution in [0.5, 0.6) is 0 Å². The van der Waals surface area contributed by atoms with Crippen molar-refractivity contribution in [2.75, 3.05) is 12.0 Å². The van der Waals surface area contributed by atoms with E-state index in [1.54, 1.807) is 12.1 Å². The highest BCUT2D eigenvalue weighted by molar-refractivity contribution is 7.89. The van der Waals surface area contributed by atoms with Crippen molar-refractivity contribution in [2.24, 2.45) is 11.3 Å². The molecule has 0 unspecified atom stereocenters. The molecule has 6 nitrogen and oxygen atoms in total. The van der Waals surface area contributed by atoms with E-state index in [9.17, 15) is 8.42 Å². The smallest absolute Gasteiger partial charge is 0.260 e. The summed E-state index contributed by atoms with van der Waals surface area (Å²) in [5.41, 5.74) is 2.45. The maximum atomic E-state index is 12.0. The number of nitrogen functional groups attached to an aromatic ring is 1. The van der Waals surface area contributed by atoms with Gasteiger partial charge < -0.3 is 5.43 Å². The van der Waals surface area contributed by atoms with Crippen molar-refractivity contribution in [2.45, 2.75) is 25.8 Å². The summed E-state index contributed by atoms with van der Waals surface area (Å²) in [6.45, 7) is 6.15. The Kier molecular flexibility index (Phi) is 4.07. The van der Waals surface area contributed by atoms with Crippen LogP contribution in [0.4, 0.5) is 5.69 Å². The third-order valence-electron chi connectivity index (χ3n) is 1.97. The third kappa shape index (κ3) is 3.95. The van der Waals surface area contributed by atoms with E-state index in [1.165, 1.54) is 6.20 Å². The van der Waals surface area contributed by atoms with Gasteiger partial charge in [0, 0.05) is 12.7 Å². The van der Waals surface area contributed by atoms with E-state index >= 15 is 0 Å². The molecule has 0 amide bonds. The number of nitrogens with one attached hydrogen (secondary N) is 2. The molecule has 0 saturated heterocycles. The second-order valence-corrected chi connectivity index (χ2v) is 6.57. The highest BCUT2D eigenvalue weighted by Gasteiger charge is 2.22. The number of pyridine rings is 1. The van der Waals surface area contributed by atoms with Crippen molar-refractivity contribution >= 4 is 15.7 Å². The van der Waals surface area contributed by atoms with Crippen molar-refractivity contribution in [1.82, 2.24) is 9.71 Å². The fourth-order valence-corrected chi connectivity index (χ4v) is 2.47. The molecule has 0 spiro atoms. The van der Waals surface area contributed by atoms with E-state index in [2.05, 4.69) is 15.1 Å². The van der Waals surface area contributed by atoms with Crippen molar-refractivity contribution in [3.05, 3.63) is 18.3 Å². The van der Waals surface area contributed by atoms with Gasteiger partial charge in [0.1, 0.15) is 0 Å². The van der Waals surface area contributed by atoms with Crippen LogP contribution in [-0.2, 0) is 10.0 Å². The number of rotatable bonds is 4. The monoisotopic (exact) mass is 258 g/mol. The lowest BCUT2D eigenvalue weighted by Crippen LogP contribution is -2.33. The van der Waals surface area contributed by atoms with E-state index in [-0.39, 0.29) is 16.1 Å². The van der Waals surface area contributed by atoms with Crippen LogP contribution in [-0.4, -0.2) is 19.9 Å². The van der Waals surface area contributed by atoms with Gasteiger partial charge in [-0.25, -0.2) is 18.1 Å². The Morgan fingerprint density at radius 3 is 2.59 bits per heavy atom. The summed E-state index contributed by atoms with van der Waals surface area (Å²) in [5, 5.41) is -0.0910. The molecule has 7 heteroatoms. The first kappa shape index (κ1) is 13.9. The number of sulfonamides is 1. The van der Waals surface area contributed by atoms with Crippen LogP contribution in [0, 0.1) is 5.41 Å². The molecule has 0 atom stereocenters. The number of nitrogens with zero attached hydrogens (tertiary/aromatic N) is 1. The number of nitrogens with two attached hydrogens (primary N) is 1. The SMILES string of the molecule is CC(C)(C)CNS(=O)(=O)c1ncccc1NN. The van der Waals surface area contributed by atoms with Crippen LogP contribution in [0.2, 0.25) is 0 Å². The summed E-state index contributed by atoms with van der Waals surface area (Å²) < 4.78 is 26.5. The van der Waals surface area contributed by atoms with Gasteiger partial charge in [-0.1, -0.05) is 20.8 Å². The first-order valence-electron chi connectivity index (χ1n) is 5.17. The van der Waals surface area contributed by atoms with E-state index in [1.807, 2.05) is 20.8 Å². The highest BCUT2D eigenvalue weighted by Crippen LogP contribution is 2.18. The Bertz CT molecular complexity index is 479. The Morgan fingerprint density at radius 2 is 2.06 bits per heavy atom. The maximum absolute atomic E-state index is 12.0. The van der Waals surface area contributed by atoms with Crippen molar-refractivity contribution < 1.29 is 8.42 Å². The molecule has 0 bridgehead atoms. The van der Waals surface area contributed by atoms with Crippen LogP contribution in [0.15, 0.2) is 23.4 Å². The minimum absolute atomic E-state index is 0.0910. The zero-order chi connectivity index (χ0) is 13.1. The first-order valence-corrected chi connectivity index (χ1v) is 6.66. The predicted octanol–water partition coefficient (Wildman–Crippen LogP) is 0.692. The average molecular weight is 258 g/mol. The van der Waals surface area contributed by atoms with Crippen LogP contribution in [0.25, 0.3) is 0 Å². The van der Waals surface area contributed by atoms with Crippen molar-refractivity contribution in [3.63, 3.8) is 0 Å². The van der Waals surface area contributed by atoms with Crippen molar-refractivity contribution in [3.8, 4) is 0 Å². The molecular formula is C10H18N4O2S. The number of hydrogen-bond acceptors (Lipinski definition) is 5. The quantitative estimate of drug-likeness (QED) is 0.545. The standard InChI is InChI=1S/C10H18N4O2S/c1-10(2,3)7-13-17(15,16)9-8(14-11)5-4-6-12-9/h4-6,13-14H,7,11H2,1-3H3. The summed E-state index contributed by atoms with van der Waals surface area (Å²) in [4.78, 5) is 3.83. The van der Waals surface area contributed by atoms with Gasteiger partial charge in [-0.15, -0.1) is 0 Å². The largest absolute Gasteiger partial charge is 0.321 e. The second kappa shape index (κ2) is 4.99. The minimum atomic E-state index is -3.64. The maximum Gasteiger partial charge on any atom is 0.260 e. The number of aromatic nitrogens is 1. The Morgan fingerprint density at radius 1 is 1.41 bits per heavy atom. The molecule has 1 rings (SSSR count). The first-order chi connectivity index (χ1) is 7.76. The van der Waals surface area contributed by atoms with Crippen LogP contribution >= 0.6 is 0 Å². The lowest BCUT2D eigenvalue weighted by molar-refractivity contribution is 0.407. The van der Waals surface area contributed by atoms with Gasteiger partial charge in [0.05, 0.1) is 5.69 Å². The van der Waals surface area contributed by atoms with E-state index < -0.39 is 10.0 Å². The van der Waals surface area contributed by atoms with Crippen LogP contribution < -0.4 is 16.0 Å². The van der Waals surface area contributed by atoms with Gasteiger partial charge >= 0.3 is 0 Å². The molecule has 0 saturated carbocycles. The molecule has 4 N–H and O–H groups in total. The second-order valence-electron chi connectivity index (χ2n) is 4.89. The molecule has 96 valence electrons. The molecular weight excluding hydrogens is 240 g/mol. The molecule has 0 aromatic carbocycles. The molecule has 1 aromatic rings. The van der Waals surface area contributed by atoms with Gasteiger partial charge in [0.15, 0.2) is 5.03 Å². The number of anilines is 1. The molecule has 0 aliphatic rings. The van der Waals surface area contributed by atoms with Gasteiger partial charge in [0.25, 0.3) is 10.0 Å². The van der Waals surface area contributed by atoms with E-state index in [4.69, 9.17) is 5.84 Å². The molecule has 0 radical (unpaired) electrons. The summed E-state index contributed by atoms with van der Waals surface area (Å²) in [7, 11) is -3.64. The Balaban J connectivity index is 2.98. The Hall–Kier alpha value is -1.18. The summed E-state index contributed by atoms with van der Waals surface area (Å²) in [5.74, 6) is 5.25. The minimum Gasteiger partial charge on any atom is -0.321 e. The van der Waals surface area contributed by atoms with Gasteiger partial charge in [-0.3, -0.25) is 5.84 Å². The molecule has 1 aromatic heterocycles. The van der Waals surface area contributed by atoms with E-state index in [0.717, 1.165) is 0 Å². The van der Waals surface area contributed by atoms with Crippen molar-refractivity contribution in [1.29, 1.82) is 0 Å². The molecule has 1 heterocycles. The third-order valence-corrected chi connectivity index (χ3v) is 3.33. The lowest BCUT2D eigenvalue weighted by atomic mass is 9.98. The highest BCUT2D eigenvalue weighted by atomic mass is 32.2. The van der Waals surface area contributed by atoms with Gasteiger partial charge in [-0.2, -0.15) is 0 Å². The number of hydrazine groups is 1. The van der Waals surface area contributed by atoms with Crippen LogP contribution in [0.1, 0.15) is 20.8 Å². The molecule has 17 heavy (non-hydrogen) atoms. The topological polar surface area (TPSA) is 97.1 Å². The zero-order valence-corrected chi connectivity index (χ0v) is 11.0. The summed E-state index contributed by atoms with van der Waals surface area (Å²) in [6.07, 6.45) is 1.41. The van der Waals surface area contributed by atoms with E-state index in [0.29, 0.717) is 6.54 Å². The van der Waals surface area contributed by atoms with Crippen LogP contribution in [0.3, 0.4) is 0 Å². The summed E-state index contributed by atoms with van der Waals surface area (Å²) >= 11 is 0. The molecule has 0 fully saturated rings. The van der Waals surface area contributed by atoms with Gasteiger partial charge in [-0.05, 0) is 17.5 Å². The normalized spacial score (nSPS) is 12.5. The predicted molar refractivity (Wildman–Crippen MR) is 66.7 cm³/mol. The fraction of sp³-hybridized carbons (Fsp3) is 0.500. The van der Waals surface area contributed by atoms with Gasteiger partial charge in [0.2, 0.25) is 0 Å². The summed E-state index contributed by atoms with van der Waals surface area (Å²) in [6, 6.07) is 3.16. The molecule has 0 aliphatic heterocycles. The lowest BCUT2D eigenvalue weighted by Gasteiger charge is -2.19. The molecule has 0 aliphatic carbocycles. The average Bonchev–Trinajstić information content (AvgIpc) is 2.26. The zero-order valence-electron chi connectivity index (χ0n) is 10.2.